The van der Waals surface area contributed by atoms with Gasteiger partial charge in [0.25, 0.3) is 0 Å². The van der Waals surface area contributed by atoms with Gasteiger partial charge in [-0.1, -0.05) is 12.1 Å². The fourth-order valence-electron chi connectivity index (χ4n) is 2.71. The molecular weight excluding hydrogens is 278 g/mol. The second-order valence-electron chi connectivity index (χ2n) is 5.06. The van der Waals surface area contributed by atoms with E-state index in [0.717, 1.165) is 41.6 Å². The second-order valence-corrected chi connectivity index (χ2v) is 5.06. The maximum atomic E-state index is 5.21. The number of fused-ring (bicyclic) bond motifs is 3. The molecule has 110 valence electrons. The van der Waals surface area contributed by atoms with E-state index in [4.69, 9.17) is 4.74 Å². The quantitative estimate of drug-likeness (QED) is 0.785. The molecule has 0 saturated heterocycles. The first-order valence-electron chi connectivity index (χ1n) is 7.15. The molecule has 0 saturated carbocycles. The van der Waals surface area contributed by atoms with E-state index in [0.29, 0.717) is 5.88 Å². The van der Waals surface area contributed by atoms with E-state index in [-0.39, 0.29) is 0 Å². The third kappa shape index (κ3) is 2.00. The van der Waals surface area contributed by atoms with Gasteiger partial charge in [-0.2, -0.15) is 0 Å². The number of nitrogens with one attached hydrogen (secondary N) is 1. The molecule has 1 N–H and O–H groups in total. The fourth-order valence-corrected chi connectivity index (χ4v) is 2.71. The van der Waals surface area contributed by atoms with Crippen LogP contribution in [-0.2, 0) is 6.42 Å². The molecule has 22 heavy (non-hydrogen) atoms. The predicted octanol–water partition coefficient (Wildman–Crippen LogP) is 2.31. The maximum Gasteiger partial charge on any atom is 0.213 e. The zero-order valence-electron chi connectivity index (χ0n) is 12.2. The number of para-hydroxylation sites is 2. The summed E-state index contributed by atoms with van der Waals surface area (Å²) in [4.78, 5) is 4.15. The topological polar surface area (TPSA) is 64.9 Å². The lowest BCUT2D eigenvalue weighted by atomic mass is 10.2. The zero-order chi connectivity index (χ0) is 14.9. The van der Waals surface area contributed by atoms with Gasteiger partial charge in [-0.25, -0.2) is 4.98 Å². The van der Waals surface area contributed by atoms with Crippen molar-refractivity contribution in [3.05, 3.63) is 48.4 Å². The number of anilines is 1. The van der Waals surface area contributed by atoms with Crippen molar-refractivity contribution < 1.29 is 4.74 Å². The minimum Gasteiger partial charge on any atom is -0.481 e. The molecule has 1 aliphatic heterocycles. The van der Waals surface area contributed by atoms with E-state index in [2.05, 4.69) is 37.2 Å². The van der Waals surface area contributed by atoms with Crippen LogP contribution in [0.3, 0.4) is 0 Å². The third-order valence-electron chi connectivity index (χ3n) is 3.74. The summed E-state index contributed by atoms with van der Waals surface area (Å²) in [6.07, 6.45) is 2.54. The molecule has 0 unspecified atom stereocenters. The highest BCUT2D eigenvalue weighted by Gasteiger charge is 2.20. The molecule has 4 rings (SSSR count). The summed E-state index contributed by atoms with van der Waals surface area (Å²) < 4.78 is 7.31. The van der Waals surface area contributed by atoms with Gasteiger partial charge in [-0.3, -0.25) is 4.57 Å². The summed E-state index contributed by atoms with van der Waals surface area (Å²) in [7, 11) is 1.61. The van der Waals surface area contributed by atoms with E-state index >= 15 is 0 Å². The molecule has 3 heterocycles. The Morgan fingerprint density at radius 3 is 3.00 bits per heavy atom. The number of hydrogen-bond acceptors (Lipinski definition) is 5. The lowest BCUT2D eigenvalue weighted by Crippen LogP contribution is -2.03. The van der Waals surface area contributed by atoms with Crippen molar-refractivity contribution in [1.82, 2.24) is 19.7 Å². The summed E-state index contributed by atoms with van der Waals surface area (Å²) in [5.41, 5.74) is 3.08. The van der Waals surface area contributed by atoms with E-state index in [1.165, 1.54) is 0 Å². The lowest BCUT2D eigenvalue weighted by molar-refractivity contribution is 0.398. The van der Waals surface area contributed by atoms with Gasteiger partial charge in [-0.15, -0.1) is 10.2 Å². The summed E-state index contributed by atoms with van der Waals surface area (Å²) >= 11 is 0. The molecule has 0 bridgehead atoms. The van der Waals surface area contributed by atoms with Gasteiger partial charge in [0.15, 0.2) is 5.82 Å². The van der Waals surface area contributed by atoms with Gasteiger partial charge in [0.2, 0.25) is 5.88 Å². The first kappa shape index (κ1) is 12.8. The maximum absolute atomic E-state index is 5.21. The number of ether oxygens (including phenoxy) is 1. The van der Waals surface area contributed by atoms with Crippen LogP contribution >= 0.6 is 0 Å². The Kier molecular flexibility index (Phi) is 3.00. The summed E-state index contributed by atoms with van der Waals surface area (Å²) in [6, 6.07) is 12.0. The van der Waals surface area contributed by atoms with Crippen molar-refractivity contribution in [2.75, 3.05) is 19.0 Å². The Morgan fingerprint density at radius 2 is 2.09 bits per heavy atom. The van der Waals surface area contributed by atoms with Crippen LogP contribution in [0.1, 0.15) is 5.82 Å². The predicted molar refractivity (Wildman–Crippen MR) is 83.3 cm³/mol. The van der Waals surface area contributed by atoms with Crippen LogP contribution in [-0.4, -0.2) is 33.4 Å². The first-order valence-corrected chi connectivity index (χ1v) is 7.15. The van der Waals surface area contributed by atoms with Crippen LogP contribution in [0.25, 0.3) is 17.1 Å². The molecule has 1 aliphatic rings. The number of pyridine rings is 1. The molecule has 0 amide bonds. The zero-order valence-corrected chi connectivity index (χ0v) is 12.2. The van der Waals surface area contributed by atoms with E-state index in [9.17, 15) is 0 Å². The SMILES string of the molecule is COc1cc(-c2nnc3n2-c2ccccc2NCC3)ccn1. The van der Waals surface area contributed by atoms with Crippen molar-refractivity contribution in [3.63, 3.8) is 0 Å². The van der Waals surface area contributed by atoms with Crippen LogP contribution in [0, 0.1) is 0 Å². The highest BCUT2D eigenvalue weighted by Crippen LogP contribution is 2.30. The summed E-state index contributed by atoms with van der Waals surface area (Å²) in [6.45, 7) is 0.842. The molecule has 0 fully saturated rings. The van der Waals surface area contributed by atoms with Gasteiger partial charge < -0.3 is 10.1 Å². The highest BCUT2D eigenvalue weighted by molar-refractivity contribution is 5.68. The normalized spacial score (nSPS) is 12.8. The van der Waals surface area contributed by atoms with Gasteiger partial charge in [0, 0.05) is 30.8 Å². The fraction of sp³-hybridized carbons (Fsp3) is 0.188. The van der Waals surface area contributed by atoms with Crippen molar-refractivity contribution in [3.8, 4) is 23.0 Å². The highest BCUT2D eigenvalue weighted by atomic mass is 16.5. The largest absolute Gasteiger partial charge is 0.481 e. The van der Waals surface area contributed by atoms with Crippen molar-refractivity contribution in [2.45, 2.75) is 6.42 Å². The van der Waals surface area contributed by atoms with E-state index < -0.39 is 0 Å². The number of rotatable bonds is 2. The van der Waals surface area contributed by atoms with Crippen LogP contribution in [0.5, 0.6) is 5.88 Å². The second kappa shape index (κ2) is 5.14. The van der Waals surface area contributed by atoms with Crippen LogP contribution in [0.15, 0.2) is 42.6 Å². The number of nitrogens with zero attached hydrogens (tertiary/aromatic N) is 4. The Labute approximate surface area is 127 Å². The van der Waals surface area contributed by atoms with Gasteiger partial charge in [-0.05, 0) is 18.2 Å². The van der Waals surface area contributed by atoms with Gasteiger partial charge in [0.1, 0.15) is 5.82 Å². The molecule has 0 aliphatic carbocycles. The molecular formula is C16H15N5O. The van der Waals surface area contributed by atoms with Crippen molar-refractivity contribution in [1.29, 1.82) is 0 Å². The molecule has 0 spiro atoms. The number of benzene rings is 1. The smallest absolute Gasteiger partial charge is 0.213 e. The first-order chi connectivity index (χ1) is 10.9. The monoisotopic (exact) mass is 293 g/mol. The molecule has 0 atom stereocenters. The lowest BCUT2D eigenvalue weighted by Gasteiger charge is -2.11. The standard InChI is InChI=1S/C16H15N5O/c1-22-15-10-11(6-8-18-15)16-20-19-14-7-9-17-12-4-2-3-5-13(12)21(14)16/h2-6,8,10,17H,7,9H2,1H3. The molecule has 2 aromatic heterocycles. The Bertz CT molecular complexity index is 827. The number of aromatic nitrogens is 4. The minimum absolute atomic E-state index is 0.565. The van der Waals surface area contributed by atoms with Gasteiger partial charge in [0.05, 0.1) is 18.5 Å². The minimum atomic E-state index is 0.565. The molecule has 3 aromatic rings. The molecule has 6 heteroatoms. The van der Waals surface area contributed by atoms with E-state index in [1.807, 2.05) is 24.3 Å². The number of hydrogen-bond donors (Lipinski definition) is 1. The Hall–Kier alpha value is -2.89. The van der Waals surface area contributed by atoms with Crippen LogP contribution in [0.4, 0.5) is 5.69 Å². The third-order valence-corrected chi connectivity index (χ3v) is 3.74. The Morgan fingerprint density at radius 1 is 1.18 bits per heavy atom. The molecule has 0 radical (unpaired) electrons. The van der Waals surface area contributed by atoms with Crippen LogP contribution in [0.2, 0.25) is 0 Å². The molecule has 6 nitrogen and oxygen atoms in total. The Balaban J connectivity index is 1.93. The van der Waals surface area contributed by atoms with Crippen LogP contribution < -0.4 is 10.1 Å². The van der Waals surface area contributed by atoms with Gasteiger partial charge >= 0.3 is 0 Å². The average Bonchev–Trinajstić information content (AvgIpc) is 2.90. The van der Waals surface area contributed by atoms with Crippen molar-refractivity contribution >= 4 is 5.69 Å². The summed E-state index contributed by atoms with van der Waals surface area (Å²) in [5, 5.41) is 12.2. The molecule has 1 aromatic carbocycles. The van der Waals surface area contributed by atoms with Crippen molar-refractivity contribution in [2.24, 2.45) is 0 Å². The average molecular weight is 293 g/mol. The summed E-state index contributed by atoms with van der Waals surface area (Å²) in [5.74, 6) is 2.31. The number of methoxy groups -OCH3 is 1. The van der Waals surface area contributed by atoms with E-state index in [1.54, 1.807) is 13.3 Å².